The van der Waals surface area contributed by atoms with Crippen LogP contribution in [-0.2, 0) is 36.7 Å². The molecule has 37 heteroatoms. The summed E-state index contributed by atoms with van der Waals surface area (Å²) in [5, 5.41) is 12.7. The Morgan fingerprint density at radius 3 is 1.34 bits per heavy atom. The van der Waals surface area contributed by atoms with Crippen LogP contribution in [0.1, 0.15) is 77.6 Å². The largest absolute Gasteiger partial charge is 1.00 e. The number of Topliss-reactive ketones (excluding diaryl/α,β-unsaturated/α-hetero) is 1. The van der Waals surface area contributed by atoms with Crippen LogP contribution < -0.4 is 84.1 Å². The molecule has 0 aromatic carbocycles. The number of hydrogen-bond donors (Lipinski definition) is 3. The zero-order valence-electron chi connectivity index (χ0n) is 56.8. The maximum atomic E-state index is 11.1. The standard InChI is InChI=1S/C13H19N3O3.C12H15N5OS.C11H15N3O2.C7H13NO2.C6H7BrN2O.C6H8N2O.C4H2Cl2N2.CH3O.BHNS.Na/c1-10-12(17-2)14-9-11(15-10)16-5-3-13(4-6-16)18-7-8-19-13;1-7-11(18-2)14-5-10(15-7)17-4-3-8-9(6-17)19-12(13)16-8;1-8-11(16-2)12-7-10(13-8)14-5-3-9(15)4-6-14;1-3-8-4-2-7(1)9-5-6-10-7;1-4-6(10-2)8-3-5(7)9-4;1-5-6(9-2)8-4-3-7-5;5-3-4(6)8-2-1-7-3;1-2;1-2-3;/h9H,3-8H2,1-2H3;5H,3-4,6H2,1-2H3,(H2,13,16);7H,3-6H2,1-2H3;8H,1-6H2;3H,1-2H3;3-4H,1-2H3;1-2H;1H3;3H;/q;;;;;;;-1;;+1. The summed E-state index contributed by atoms with van der Waals surface area (Å²) in [6.45, 7) is 19.3. The Kier molecular flexibility index (Phi) is 38.0. The molecule has 6 aliphatic heterocycles. The maximum absolute atomic E-state index is 11.1. The number of methoxy groups -OCH3 is 5. The molecule has 6 aliphatic rings. The zero-order valence-corrected chi connectivity index (χ0v) is 63.6. The van der Waals surface area contributed by atoms with Gasteiger partial charge in [0.25, 0.3) is 0 Å². The third-order valence-corrected chi connectivity index (χ3v) is 16.5. The van der Waals surface area contributed by atoms with Crippen molar-refractivity contribution in [3.05, 3.63) is 104 Å². The summed E-state index contributed by atoms with van der Waals surface area (Å²) in [4.78, 5) is 72.6. The van der Waals surface area contributed by atoms with Gasteiger partial charge in [-0.2, -0.15) is 7.11 Å². The van der Waals surface area contributed by atoms with Crippen LogP contribution in [0, 0.1) is 34.6 Å². The normalized spacial score (nSPS) is 15.8. The molecule has 0 unspecified atom stereocenters. The third kappa shape index (κ3) is 26.9. The summed E-state index contributed by atoms with van der Waals surface area (Å²) in [6.07, 6.45) is 18.9. The van der Waals surface area contributed by atoms with E-state index in [9.17, 15) is 4.79 Å². The van der Waals surface area contributed by atoms with E-state index in [0.29, 0.717) is 66.4 Å². The summed E-state index contributed by atoms with van der Waals surface area (Å²) >= 11 is 18.7. The number of thiol groups is 1. The molecule has 5 saturated heterocycles. The number of nitrogen functional groups attached to an aromatic ring is 1. The molecule has 0 saturated carbocycles. The van der Waals surface area contributed by atoms with E-state index >= 15 is 0 Å². The second-order valence-electron chi connectivity index (χ2n) is 20.7. The van der Waals surface area contributed by atoms with E-state index in [1.807, 2.05) is 34.6 Å². The van der Waals surface area contributed by atoms with E-state index in [1.54, 1.807) is 84.1 Å². The third-order valence-electron chi connectivity index (χ3n) is 14.5. The summed E-state index contributed by atoms with van der Waals surface area (Å²) in [5.41, 5.74) is 10.9. The number of nitrogens with one attached hydrogen (secondary N) is 1. The van der Waals surface area contributed by atoms with Crippen molar-refractivity contribution in [1.82, 2.24) is 70.1 Å². The van der Waals surface area contributed by atoms with Gasteiger partial charge in [-0.1, -0.05) is 23.2 Å². The number of ketones is 1. The minimum Gasteiger partial charge on any atom is 1.00 e. The monoisotopic (exact) mass is 1490 g/mol. The molecular formula is C60H83BBrCl2N19NaO11S2. The first kappa shape index (κ1) is 83.4. The quantitative estimate of drug-likeness (QED) is 0.143. The molecule has 0 amide bonds. The molecule has 30 nitrogen and oxygen atoms in total. The van der Waals surface area contributed by atoms with Gasteiger partial charge in [0.2, 0.25) is 29.4 Å². The molecule has 97 heavy (non-hydrogen) atoms. The number of carbonyl (C=O) groups is 1. The fourth-order valence-corrected chi connectivity index (χ4v) is 11.3. The van der Waals surface area contributed by atoms with Gasteiger partial charge in [-0.3, -0.25) is 9.78 Å². The second-order valence-corrected chi connectivity index (χ2v) is 23.6. The van der Waals surface area contributed by atoms with Crippen molar-refractivity contribution in [1.29, 1.82) is 0 Å². The van der Waals surface area contributed by atoms with Crippen LogP contribution in [0.3, 0.4) is 0 Å². The number of fused-ring (bicyclic) bond motifs is 1. The van der Waals surface area contributed by atoms with Crippen LogP contribution in [0.25, 0.3) is 0 Å². The van der Waals surface area contributed by atoms with E-state index in [4.69, 9.17) is 76.7 Å². The van der Waals surface area contributed by atoms with E-state index in [2.05, 4.69) is 125 Å². The summed E-state index contributed by atoms with van der Waals surface area (Å²) in [7, 11) is 13.0. The van der Waals surface area contributed by atoms with Gasteiger partial charge < -0.3 is 73.5 Å². The molecule has 7 aromatic rings. The summed E-state index contributed by atoms with van der Waals surface area (Å²) < 4.78 is 51.0. The van der Waals surface area contributed by atoms with Crippen LogP contribution >= 0.6 is 63.3 Å². The average Bonchev–Trinajstić information content (AvgIpc) is 1.15. The van der Waals surface area contributed by atoms with E-state index < -0.39 is 0 Å². The van der Waals surface area contributed by atoms with Gasteiger partial charge in [-0.25, -0.2) is 59.8 Å². The number of nitrogens with two attached hydrogens (primary N) is 1. The first-order valence-corrected chi connectivity index (χ1v) is 32.9. The predicted octanol–water partition coefficient (Wildman–Crippen LogP) is 3.90. The Morgan fingerprint density at radius 2 is 0.938 bits per heavy atom. The van der Waals surface area contributed by atoms with Gasteiger partial charge >= 0.3 is 54.3 Å². The zero-order chi connectivity index (χ0) is 70.0. The molecule has 3 N–H and O–H groups in total. The van der Waals surface area contributed by atoms with Crippen LogP contribution in [0.5, 0.6) is 29.4 Å². The van der Waals surface area contributed by atoms with Crippen LogP contribution in [0.4, 0.5) is 22.6 Å². The topological polar surface area (TPSA) is 351 Å². The van der Waals surface area contributed by atoms with Crippen molar-refractivity contribution in [2.75, 3.05) is 135 Å². The molecular weight excluding hydrogens is 1410 g/mol. The van der Waals surface area contributed by atoms with Crippen molar-refractivity contribution >= 4 is 99.3 Å². The van der Waals surface area contributed by atoms with E-state index in [-0.39, 0.29) is 51.4 Å². The van der Waals surface area contributed by atoms with Gasteiger partial charge in [0.15, 0.2) is 27.0 Å². The number of hydrogen-bond acceptors (Lipinski definition) is 32. The Labute approximate surface area is 617 Å². The molecule has 5 fully saturated rings. The first-order chi connectivity index (χ1) is 46.3. The van der Waals surface area contributed by atoms with Crippen molar-refractivity contribution in [3.8, 4) is 29.4 Å². The molecule has 7 aromatic heterocycles. The van der Waals surface area contributed by atoms with E-state index in [0.717, 1.165) is 161 Å². The number of carbonyl (C=O) groups excluding carboxylic acids is 1. The van der Waals surface area contributed by atoms with Crippen LogP contribution in [0.2, 0.25) is 10.3 Å². The molecule has 0 bridgehead atoms. The number of ether oxygens (including phenoxy) is 9. The van der Waals surface area contributed by atoms with Crippen molar-refractivity contribution in [2.24, 2.45) is 4.30 Å². The number of thiazole rings is 1. The SMILES string of the molecule is C1CC2(CCN1)OCCO2.COc1ncc(Br)nc1C.COc1ncc(N2CCC(=O)CC2)nc1C.COc1ncc(N2CCC3(CC2)OCCO3)nc1C.COc1ncc(N2CCc3nc(N)sc3C2)nc1C.COc1nccnc1C.C[O-].Clc1nccnc1Cl.[B]=NS.[Na+]. The van der Waals surface area contributed by atoms with Crippen LogP contribution in [-0.4, -0.2) is 205 Å². The molecule has 521 valence electrons. The number of nitrogens with zero attached hydrogens (tertiary/aromatic N) is 17. The summed E-state index contributed by atoms with van der Waals surface area (Å²) in [6, 6.07) is 0. The van der Waals surface area contributed by atoms with E-state index in [1.165, 1.54) is 17.3 Å². The molecule has 13 heterocycles. The molecule has 0 aliphatic carbocycles. The van der Waals surface area contributed by atoms with Crippen molar-refractivity contribution < 1.29 is 82.1 Å². The number of rotatable bonds is 8. The molecule has 13 rings (SSSR count). The minimum absolute atomic E-state index is 0. The molecule has 1 radical (unpaired) electrons. The fraction of sp³-hybridized carbons (Fsp3) is 0.533. The Bertz CT molecular complexity index is 3460. The minimum atomic E-state index is -0.342. The number of aromatic nitrogens is 13. The van der Waals surface area contributed by atoms with Gasteiger partial charge in [-0.15, -0.1) is 11.3 Å². The van der Waals surface area contributed by atoms with Gasteiger partial charge in [0, 0.05) is 120 Å². The Balaban J connectivity index is 0.000000243. The number of anilines is 4. The first-order valence-electron chi connectivity index (χ1n) is 30.1. The number of piperidine rings is 3. The molecule has 0 atom stereocenters. The number of halogens is 3. The Morgan fingerprint density at radius 1 is 0.567 bits per heavy atom. The summed E-state index contributed by atoms with van der Waals surface area (Å²) in [5.74, 6) is 5.26. The fourth-order valence-electron chi connectivity index (χ4n) is 9.83. The Hall–Kier alpha value is -5.99. The second kappa shape index (κ2) is 44.2. The van der Waals surface area contributed by atoms with Gasteiger partial charge in [0.05, 0.1) is 105 Å². The average molecular weight is 1500 g/mol. The maximum Gasteiger partial charge on any atom is 1.00 e. The van der Waals surface area contributed by atoms with Crippen LogP contribution in [0.15, 0.2) is 58.5 Å². The van der Waals surface area contributed by atoms with Crippen molar-refractivity contribution in [3.63, 3.8) is 0 Å². The molecule has 2 spiro atoms. The van der Waals surface area contributed by atoms with Gasteiger partial charge in [0.1, 0.15) is 50.6 Å². The predicted molar refractivity (Wildman–Crippen MR) is 370 cm³/mol. The van der Waals surface area contributed by atoms with Gasteiger partial charge in [-0.05, 0) is 50.5 Å². The smallest absolute Gasteiger partial charge is 1.00 e. The van der Waals surface area contributed by atoms with Crippen molar-refractivity contribution in [2.45, 2.75) is 97.7 Å². The number of aryl methyl sites for hydroxylation is 5.